The summed E-state index contributed by atoms with van der Waals surface area (Å²) in [5.41, 5.74) is 8.14. The Labute approximate surface area is 211 Å². The number of carbonyl (C=O) groups excluding carboxylic acids is 1. The lowest BCUT2D eigenvalue weighted by Crippen LogP contribution is -2.54. The van der Waals surface area contributed by atoms with Gasteiger partial charge in [0.05, 0.1) is 54.2 Å². The third kappa shape index (κ3) is 3.07. The SMILES string of the molecule is CC[C@@H](N)[C@H](O)[C@H](O)[C@@H](COC)C1CC[C@]23C[C@@]24c2nc5ccc(OC)cc5cc2C(=O)N[C@H]4CN13. The molecule has 1 amide bonds. The summed E-state index contributed by atoms with van der Waals surface area (Å²) in [6.45, 7) is 2.93. The molecule has 36 heavy (non-hydrogen) atoms. The van der Waals surface area contributed by atoms with Crippen LogP contribution >= 0.6 is 0 Å². The molecule has 3 aliphatic heterocycles. The molecule has 9 heteroatoms. The third-order valence-electron chi connectivity index (χ3n) is 9.60. The van der Waals surface area contributed by atoms with Crippen LogP contribution in [0.1, 0.15) is 48.7 Å². The molecule has 0 bridgehead atoms. The molecule has 1 aromatic carbocycles. The molecule has 2 spiro atoms. The molecule has 6 rings (SSSR count). The van der Waals surface area contributed by atoms with E-state index in [4.69, 9.17) is 20.2 Å². The van der Waals surface area contributed by atoms with Gasteiger partial charge >= 0.3 is 0 Å². The second-order valence-corrected chi connectivity index (χ2v) is 11.1. The van der Waals surface area contributed by atoms with Gasteiger partial charge < -0.3 is 30.7 Å². The summed E-state index contributed by atoms with van der Waals surface area (Å²) in [6, 6.07) is 7.21. The predicted molar refractivity (Wildman–Crippen MR) is 134 cm³/mol. The van der Waals surface area contributed by atoms with Gasteiger partial charge in [0.25, 0.3) is 5.91 Å². The van der Waals surface area contributed by atoms with Crippen LogP contribution in [0.25, 0.3) is 10.9 Å². The summed E-state index contributed by atoms with van der Waals surface area (Å²) in [5.74, 6) is 0.361. The standard InChI is InChI=1S/C27H36N4O5/c1-4-18(28)23(33)22(32)17(12-35-2)20-7-8-26-13-27(26)21(11-31(20)26)30-25(34)16-10-14-9-15(36-3)5-6-19(14)29-24(16)27/h5-6,9-10,17-18,20-23,32-33H,4,7-8,11-13,28H2,1-3H3,(H,30,34)/t17-,18+,20?,21-,22+,23-,26-,27+/m0/s1. The van der Waals surface area contributed by atoms with Crippen LogP contribution in [0.15, 0.2) is 24.3 Å². The average molecular weight is 497 g/mol. The first-order chi connectivity index (χ1) is 17.3. The number of carbonyl (C=O) groups is 1. The molecular formula is C27H36N4O5. The molecule has 4 heterocycles. The van der Waals surface area contributed by atoms with Gasteiger partial charge in [-0.3, -0.25) is 14.7 Å². The number of aliphatic hydroxyl groups excluding tert-OH is 2. The van der Waals surface area contributed by atoms with E-state index in [9.17, 15) is 15.0 Å². The number of fused-ring (bicyclic) bond motifs is 2. The van der Waals surface area contributed by atoms with E-state index in [1.54, 1.807) is 14.2 Å². The van der Waals surface area contributed by atoms with Crippen LogP contribution in [0.2, 0.25) is 0 Å². The highest BCUT2D eigenvalue weighted by Gasteiger charge is 2.83. The number of nitrogens with one attached hydrogen (secondary N) is 1. The lowest BCUT2D eigenvalue weighted by atomic mass is 9.82. The Morgan fingerprint density at radius 3 is 2.81 bits per heavy atom. The van der Waals surface area contributed by atoms with Gasteiger partial charge in [-0.05, 0) is 49.9 Å². The molecule has 1 aliphatic carbocycles. The number of hydrogen-bond donors (Lipinski definition) is 4. The van der Waals surface area contributed by atoms with Crippen molar-refractivity contribution in [2.45, 2.75) is 73.9 Å². The minimum Gasteiger partial charge on any atom is -0.497 e. The van der Waals surface area contributed by atoms with Crippen LogP contribution in [0, 0.1) is 5.92 Å². The highest BCUT2D eigenvalue weighted by atomic mass is 16.5. The van der Waals surface area contributed by atoms with Gasteiger partial charge in [0.2, 0.25) is 0 Å². The Morgan fingerprint density at radius 2 is 2.08 bits per heavy atom. The smallest absolute Gasteiger partial charge is 0.253 e. The number of nitrogens with two attached hydrogens (primary N) is 1. The van der Waals surface area contributed by atoms with Crippen molar-refractivity contribution in [3.05, 3.63) is 35.5 Å². The maximum atomic E-state index is 13.2. The number of aliphatic hydroxyl groups is 2. The minimum absolute atomic E-state index is 0.0219. The zero-order valence-electron chi connectivity index (χ0n) is 21.1. The van der Waals surface area contributed by atoms with E-state index < -0.39 is 18.2 Å². The van der Waals surface area contributed by atoms with E-state index >= 15 is 0 Å². The van der Waals surface area contributed by atoms with Crippen LogP contribution in [-0.4, -0.2) is 89.2 Å². The maximum Gasteiger partial charge on any atom is 0.253 e. The topological polar surface area (TPSA) is 130 Å². The van der Waals surface area contributed by atoms with Gasteiger partial charge in [0.15, 0.2) is 0 Å². The number of piperidine rings is 1. The van der Waals surface area contributed by atoms with E-state index in [0.29, 0.717) is 25.1 Å². The van der Waals surface area contributed by atoms with E-state index in [0.717, 1.165) is 41.6 Å². The normalized spacial score (nSPS) is 33.7. The molecular weight excluding hydrogens is 460 g/mol. The Bertz CT molecular complexity index is 1210. The highest BCUT2D eigenvalue weighted by molar-refractivity contribution is 6.01. The van der Waals surface area contributed by atoms with Crippen molar-refractivity contribution in [2.24, 2.45) is 11.7 Å². The fraction of sp³-hybridized carbons (Fsp3) is 0.630. The molecule has 5 N–H and O–H groups in total. The number of pyridine rings is 1. The molecule has 194 valence electrons. The first-order valence-electron chi connectivity index (χ1n) is 13.0. The maximum absolute atomic E-state index is 13.2. The van der Waals surface area contributed by atoms with Crippen LogP contribution in [-0.2, 0) is 10.2 Å². The van der Waals surface area contributed by atoms with Crippen molar-refractivity contribution in [2.75, 3.05) is 27.4 Å². The Morgan fingerprint density at radius 1 is 1.28 bits per heavy atom. The number of ether oxygens (including phenoxy) is 2. The van der Waals surface area contributed by atoms with Crippen LogP contribution in [0.3, 0.4) is 0 Å². The monoisotopic (exact) mass is 496 g/mol. The van der Waals surface area contributed by atoms with Crippen LogP contribution in [0.5, 0.6) is 5.75 Å². The van der Waals surface area contributed by atoms with Crippen molar-refractivity contribution in [3.63, 3.8) is 0 Å². The Balaban J connectivity index is 1.37. The molecule has 2 aromatic rings. The number of aromatic nitrogens is 1. The van der Waals surface area contributed by atoms with Crippen molar-refractivity contribution in [3.8, 4) is 5.75 Å². The summed E-state index contributed by atoms with van der Waals surface area (Å²) >= 11 is 0. The van der Waals surface area contributed by atoms with Gasteiger partial charge in [-0.15, -0.1) is 0 Å². The fourth-order valence-corrected chi connectivity index (χ4v) is 7.69. The second kappa shape index (κ2) is 8.36. The number of hydrogen-bond acceptors (Lipinski definition) is 8. The van der Waals surface area contributed by atoms with E-state index in [1.165, 1.54) is 0 Å². The lowest BCUT2D eigenvalue weighted by molar-refractivity contribution is -0.0720. The number of nitrogens with zero attached hydrogens (tertiary/aromatic N) is 2. The Hall–Kier alpha value is -2.30. The fourth-order valence-electron chi connectivity index (χ4n) is 7.69. The number of rotatable bonds is 8. The lowest BCUT2D eigenvalue weighted by Gasteiger charge is -2.38. The van der Waals surface area contributed by atoms with Crippen molar-refractivity contribution in [1.29, 1.82) is 0 Å². The molecule has 1 saturated carbocycles. The predicted octanol–water partition coefficient (Wildman–Crippen LogP) is 0.935. The quantitative estimate of drug-likeness (QED) is 0.425. The largest absolute Gasteiger partial charge is 0.497 e. The van der Waals surface area contributed by atoms with Crippen molar-refractivity contribution < 1.29 is 24.5 Å². The first-order valence-corrected chi connectivity index (χ1v) is 13.0. The van der Waals surface area contributed by atoms with Crippen LogP contribution < -0.4 is 15.8 Å². The molecule has 3 fully saturated rings. The zero-order chi connectivity index (χ0) is 25.4. The molecule has 2 saturated heterocycles. The summed E-state index contributed by atoms with van der Waals surface area (Å²) in [6.07, 6.45) is 1.34. The summed E-state index contributed by atoms with van der Waals surface area (Å²) < 4.78 is 10.9. The summed E-state index contributed by atoms with van der Waals surface area (Å²) in [5, 5.41) is 26.1. The number of amides is 1. The molecule has 8 atom stereocenters. The van der Waals surface area contributed by atoms with Crippen LogP contribution in [0.4, 0.5) is 0 Å². The number of methoxy groups -OCH3 is 2. The first kappa shape index (κ1) is 24.1. The van der Waals surface area contributed by atoms with Gasteiger partial charge in [-0.1, -0.05) is 6.92 Å². The number of benzene rings is 1. The highest BCUT2D eigenvalue weighted by Crippen LogP contribution is 2.73. The zero-order valence-corrected chi connectivity index (χ0v) is 21.1. The van der Waals surface area contributed by atoms with E-state index in [-0.39, 0.29) is 34.9 Å². The van der Waals surface area contributed by atoms with Gasteiger partial charge in [0, 0.05) is 42.6 Å². The molecule has 9 nitrogen and oxygen atoms in total. The minimum atomic E-state index is -1.02. The second-order valence-electron chi connectivity index (χ2n) is 11.1. The van der Waals surface area contributed by atoms with Gasteiger partial charge in [0.1, 0.15) is 5.75 Å². The van der Waals surface area contributed by atoms with Crippen molar-refractivity contribution in [1.82, 2.24) is 15.2 Å². The molecule has 0 radical (unpaired) electrons. The third-order valence-corrected chi connectivity index (χ3v) is 9.60. The average Bonchev–Trinajstić information content (AvgIpc) is 3.30. The van der Waals surface area contributed by atoms with Crippen molar-refractivity contribution >= 4 is 16.8 Å². The van der Waals surface area contributed by atoms with E-state index in [2.05, 4.69) is 10.2 Å². The Kier molecular flexibility index (Phi) is 5.59. The molecule has 1 unspecified atom stereocenters. The van der Waals surface area contributed by atoms with Gasteiger partial charge in [-0.25, -0.2) is 0 Å². The molecule has 4 aliphatic rings. The van der Waals surface area contributed by atoms with Gasteiger partial charge in [-0.2, -0.15) is 0 Å². The summed E-state index contributed by atoms with van der Waals surface area (Å²) in [7, 11) is 3.25. The molecule has 1 aromatic heterocycles. The summed E-state index contributed by atoms with van der Waals surface area (Å²) in [4.78, 5) is 20.8. The van der Waals surface area contributed by atoms with E-state index in [1.807, 2.05) is 31.2 Å².